The van der Waals surface area contributed by atoms with Crippen LogP contribution in [0.5, 0.6) is 0 Å². The number of nitrogens with zero attached hydrogens (tertiary/aromatic N) is 5. The molecule has 2 aromatic rings. The molecule has 2 rings (SSSR count). The molecule has 0 saturated heterocycles. The Balaban J connectivity index is 1.93. The molecule has 0 aromatic carbocycles. The van der Waals surface area contributed by atoms with Gasteiger partial charge < -0.3 is 10.3 Å². The highest BCUT2D eigenvalue weighted by Crippen LogP contribution is 2.28. The van der Waals surface area contributed by atoms with Gasteiger partial charge in [0.25, 0.3) is 0 Å². The molecule has 0 atom stereocenters. The van der Waals surface area contributed by atoms with Gasteiger partial charge in [-0.05, 0) is 0 Å². The van der Waals surface area contributed by atoms with Crippen molar-refractivity contribution in [2.24, 2.45) is 5.84 Å². The minimum Gasteiger partial charge on any atom is -0.353 e. The van der Waals surface area contributed by atoms with Crippen molar-refractivity contribution in [3.8, 4) is 0 Å². The second-order valence-corrected chi connectivity index (χ2v) is 5.75. The van der Waals surface area contributed by atoms with E-state index in [1.54, 1.807) is 35.5 Å². The van der Waals surface area contributed by atoms with Gasteiger partial charge in [0.1, 0.15) is 0 Å². The summed E-state index contributed by atoms with van der Waals surface area (Å²) in [4.78, 5) is 10.3. The van der Waals surface area contributed by atoms with Crippen LogP contribution in [-0.4, -0.2) is 34.3 Å². The Hall–Kier alpha value is -1.45. The Bertz CT molecular complexity index is 496. The molecule has 0 radical (unpaired) electrons. The van der Waals surface area contributed by atoms with Gasteiger partial charge in [0.2, 0.25) is 5.13 Å². The molecule has 0 aliphatic carbocycles. The maximum absolute atomic E-state index is 5.22. The highest BCUT2D eigenvalue weighted by atomic mass is 32.2. The predicted octanol–water partition coefficient (Wildman–Crippen LogP) is 0.972. The lowest BCUT2D eigenvalue weighted by Crippen LogP contribution is -2.08. The minimum absolute atomic E-state index is 0.551. The molecule has 0 unspecified atom stereocenters. The maximum Gasteiger partial charge on any atom is 0.208 e. The Morgan fingerprint density at radius 2 is 2.17 bits per heavy atom. The SMILES string of the molecule is CN(C)c1nnc(SCc2cnc(NN)cn2)s1. The van der Waals surface area contributed by atoms with Gasteiger partial charge in [-0.2, -0.15) is 0 Å². The molecule has 0 aliphatic rings. The monoisotopic (exact) mass is 283 g/mol. The second kappa shape index (κ2) is 5.94. The van der Waals surface area contributed by atoms with Crippen molar-refractivity contribution in [3.05, 3.63) is 18.1 Å². The molecule has 18 heavy (non-hydrogen) atoms. The molecule has 0 fully saturated rings. The summed E-state index contributed by atoms with van der Waals surface area (Å²) >= 11 is 3.14. The van der Waals surface area contributed by atoms with Crippen LogP contribution in [0.1, 0.15) is 5.69 Å². The lowest BCUT2D eigenvalue weighted by molar-refractivity contribution is 0.971. The van der Waals surface area contributed by atoms with Gasteiger partial charge in [-0.1, -0.05) is 23.1 Å². The number of nitrogens with one attached hydrogen (secondary N) is 1. The molecule has 7 nitrogen and oxygen atoms in total. The van der Waals surface area contributed by atoms with Crippen LogP contribution in [0, 0.1) is 0 Å². The van der Waals surface area contributed by atoms with E-state index in [9.17, 15) is 0 Å². The van der Waals surface area contributed by atoms with E-state index in [1.165, 1.54) is 0 Å². The molecule has 2 aromatic heterocycles. The minimum atomic E-state index is 0.551. The van der Waals surface area contributed by atoms with Crippen LogP contribution < -0.4 is 16.2 Å². The smallest absolute Gasteiger partial charge is 0.208 e. The fourth-order valence-corrected chi connectivity index (χ4v) is 2.74. The Kier molecular flexibility index (Phi) is 4.28. The highest BCUT2D eigenvalue weighted by molar-refractivity contribution is 8.00. The van der Waals surface area contributed by atoms with Crippen LogP contribution >= 0.6 is 23.1 Å². The summed E-state index contributed by atoms with van der Waals surface area (Å²) in [6.07, 6.45) is 3.29. The fourth-order valence-electron chi connectivity index (χ4n) is 1.08. The van der Waals surface area contributed by atoms with Gasteiger partial charge in [-0.3, -0.25) is 4.98 Å². The van der Waals surface area contributed by atoms with Crippen molar-refractivity contribution in [1.29, 1.82) is 0 Å². The van der Waals surface area contributed by atoms with Crippen LogP contribution in [0.25, 0.3) is 0 Å². The topological polar surface area (TPSA) is 92.9 Å². The first-order valence-corrected chi connectivity index (χ1v) is 6.90. The maximum atomic E-state index is 5.22. The summed E-state index contributed by atoms with van der Waals surface area (Å²) in [6.45, 7) is 0. The van der Waals surface area contributed by atoms with Gasteiger partial charge in [-0.15, -0.1) is 10.2 Å². The highest BCUT2D eigenvalue weighted by Gasteiger charge is 2.07. The third kappa shape index (κ3) is 3.28. The van der Waals surface area contributed by atoms with Crippen molar-refractivity contribution >= 4 is 34.0 Å². The zero-order chi connectivity index (χ0) is 13.0. The van der Waals surface area contributed by atoms with Crippen molar-refractivity contribution in [2.45, 2.75) is 10.1 Å². The molecule has 0 spiro atoms. The Morgan fingerprint density at radius 3 is 2.72 bits per heavy atom. The predicted molar refractivity (Wildman–Crippen MR) is 73.6 cm³/mol. The number of rotatable bonds is 5. The molecular weight excluding hydrogens is 270 g/mol. The van der Waals surface area contributed by atoms with E-state index in [2.05, 4.69) is 25.6 Å². The van der Waals surface area contributed by atoms with Gasteiger partial charge in [-0.25, -0.2) is 10.8 Å². The van der Waals surface area contributed by atoms with Crippen LogP contribution in [-0.2, 0) is 5.75 Å². The van der Waals surface area contributed by atoms with Crippen molar-refractivity contribution < 1.29 is 0 Å². The van der Waals surface area contributed by atoms with Crippen LogP contribution in [0.15, 0.2) is 16.7 Å². The fraction of sp³-hybridized carbons (Fsp3) is 0.333. The first kappa shape index (κ1) is 13.0. The van der Waals surface area contributed by atoms with E-state index < -0.39 is 0 Å². The lowest BCUT2D eigenvalue weighted by atomic mass is 10.5. The van der Waals surface area contributed by atoms with Gasteiger partial charge in [0.05, 0.1) is 18.1 Å². The number of anilines is 2. The average Bonchev–Trinajstić information content (AvgIpc) is 2.86. The normalized spacial score (nSPS) is 10.4. The number of nitrogens with two attached hydrogens (primary N) is 1. The summed E-state index contributed by atoms with van der Waals surface area (Å²) < 4.78 is 0.918. The molecule has 96 valence electrons. The van der Waals surface area contributed by atoms with Crippen molar-refractivity contribution in [1.82, 2.24) is 20.2 Å². The molecule has 2 heterocycles. The molecule has 0 amide bonds. The quantitative estimate of drug-likeness (QED) is 0.476. The Morgan fingerprint density at radius 1 is 1.33 bits per heavy atom. The van der Waals surface area contributed by atoms with Gasteiger partial charge in [0, 0.05) is 19.8 Å². The van der Waals surface area contributed by atoms with Crippen molar-refractivity contribution in [2.75, 3.05) is 24.4 Å². The zero-order valence-electron chi connectivity index (χ0n) is 9.99. The van der Waals surface area contributed by atoms with E-state index in [4.69, 9.17) is 5.84 Å². The van der Waals surface area contributed by atoms with E-state index in [1.807, 2.05) is 19.0 Å². The standard InChI is InChI=1S/C9H13N7S2/c1-16(2)8-14-15-9(18-8)17-5-6-3-12-7(13-10)4-11-6/h3-4H,5,10H2,1-2H3,(H,12,13). The summed E-state index contributed by atoms with van der Waals surface area (Å²) in [5.74, 6) is 6.48. The lowest BCUT2D eigenvalue weighted by Gasteiger charge is -2.03. The molecule has 0 aliphatic heterocycles. The number of hydrogen-bond donors (Lipinski definition) is 2. The zero-order valence-corrected chi connectivity index (χ0v) is 11.6. The molecule has 9 heteroatoms. The summed E-state index contributed by atoms with van der Waals surface area (Å²) in [5, 5.41) is 9.06. The van der Waals surface area contributed by atoms with Gasteiger partial charge >= 0.3 is 0 Å². The van der Waals surface area contributed by atoms with E-state index in [0.717, 1.165) is 15.2 Å². The third-order valence-corrected chi connectivity index (χ3v) is 4.23. The number of hydrazine groups is 1. The van der Waals surface area contributed by atoms with Gasteiger partial charge in [0.15, 0.2) is 10.2 Å². The van der Waals surface area contributed by atoms with E-state index in [0.29, 0.717) is 11.6 Å². The summed E-state index contributed by atoms with van der Waals surface area (Å²) in [7, 11) is 3.89. The van der Waals surface area contributed by atoms with Crippen molar-refractivity contribution in [3.63, 3.8) is 0 Å². The first-order chi connectivity index (χ1) is 8.69. The molecular formula is C9H13N7S2. The molecule has 3 N–H and O–H groups in total. The summed E-state index contributed by atoms with van der Waals surface area (Å²) in [6, 6.07) is 0. The van der Waals surface area contributed by atoms with E-state index >= 15 is 0 Å². The second-order valence-electron chi connectivity index (χ2n) is 3.57. The molecule has 0 bridgehead atoms. The molecule has 0 saturated carbocycles. The average molecular weight is 283 g/mol. The largest absolute Gasteiger partial charge is 0.353 e. The number of thioether (sulfide) groups is 1. The van der Waals surface area contributed by atoms with Crippen LogP contribution in [0.2, 0.25) is 0 Å². The third-order valence-electron chi connectivity index (χ3n) is 1.98. The summed E-state index contributed by atoms with van der Waals surface area (Å²) in [5.41, 5.74) is 3.31. The number of hydrogen-bond acceptors (Lipinski definition) is 9. The van der Waals surface area contributed by atoms with E-state index in [-0.39, 0.29) is 0 Å². The number of nitrogen functional groups attached to an aromatic ring is 1. The van der Waals surface area contributed by atoms with Crippen LogP contribution in [0.4, 0.5) is 10.9 Å². The van der Waals surface area contributed by atoms with Crippen LogP contribution in [0.3, 0.4) is 0 Å². The number of aromatic nitrogens is 4. The first-order valence-electron chi connectivity index (χ1n) is 5.10. The Labute approximate surface area is 113 Å².